The Morgan fingerprint density at radius 3 is 2.31 bits per heavy atom. The maximum Gasteiger partial charge on any atom is 0.293 e. The standard InChI is InChI=1S/C21H35N5O5S/c1-16-13-24(14-17(2)31-16)21(3,4)15-22-19-7-6-18(12-20(19)26(27)28)32(29,30)25-10-8-23(5)9-11-25/h6-7,12,16-17,22H,8-11,13-15H2,1-5H3/t16-,17-/m0/s1. The van der Waals surface area contributed by atoms with Crippen molar-refractivity contribution in [1.82, 2.24) is 14.1 Å². The molecule has 2 aliphatic rings. The van der Waals surface area contributed by atoms with Gasteiger partial charge in [-0.2, -0.15) is 4.31 Å². The highest BCUT2D eigenvalue weighted by atomic mass is 32.2. The Kier molecular flexibility index (Phi) is 7.45. The second kappa shape index (κ2) is 9.60. The lowest BCUT2D eigenvalue weighted by Crippen LogP contribution is -2.57. The Morgan fingerprint density at radius 1 is 1.16 bits per heavy atom. The maximum atomic E-state index is 13.0. The van der Waals surface area contributed by atoms with Gasteiger partial charge < -0.3 is 15.0 Å². The van der Waals surface area contributed by atoms with Gasteiger partial charge in [0.25, 0.3) is 5.69 Å². The van der Waals surface area contributed by atoms with Gasteiger partial charge in [0.15, 0.2) is 0 Å². The molecule has 0 amide bonds. The van der Waals surface area contributed by atoms with E-state index in [0.29, 0.717) is 38.4 Å². The minimum atomic E-state index is -3.78. The second-order valence-corrected chi connectivity index (χ2v) is 11.4. The third-order valence-electron chi connectivity index (χ3n) is 6.25. The van der Waals surface area contributed by atoms with E-state index in [1.807, 2.05) is 20.9 Å². The van der Waals surface area contributed by atoms with Crippen LogP contribution in [0, 0.1) is 10.1 Å². The molecule has 0 saturated carbocycles. The van der Waals surface area contributed by atoms with Crippen LogP contribution in [0.15, 0.2) is 23.1 Å². The molecule has 2 aliphatic heterocycles. The number of nitrogens with one attached hydrogen (secondary N) is 1. The van der Waals surface area contributed by atoms with Crippen LogP contribution in [0.1, 0.15) is 27.7 Å². The first-order chi connectivity index (χ1) is 14.9. The van der Waals surface area contributed by atoms with Gasteiger partial charge in [0.1, 0.15) is 5.69 Å². The summed E-state index contributed by atoms with van der Waals surface area (Å²) in [5.74, 6) is 0. The van der Waals surface area contributed by atoms with Crippen LogP contribution >= 0.6 is 0 Å². The summed E-state index contributed by atoms with van der Waals surface area (Å²) in [7, 11) is -1.84. The van der Waals surface area contributed by atoms with Crippen molar-refractivity contribution < 1.29 is 18.1 Å². The van der Waals surface area contributed by atoms with Gasteiger partial charge in [-0.25, -0.2) is 8.42 Å². The molecular formula is C21H35N5O5S. The van der Waals surface area contributed by atoms with Crippen LogP contribution in [0.5, 0.6) is 0 Å². The number of ether oxygens (including phenoxy) is 1. The Bertz CT molecular complexity index is 921. The lowest BCUT2D eigenvalue weighted by atomic mass is 10.00. The van der Waals surface area contributed by atoms with Gasteiger partial charge in [0.2, 0.25) is 10.0 Å². The smallest absolute Gasteiger partial charge is 0.293 e. The Labute approximate surface area is 190 Å². The van der Waals surface area contributed by atoms with Crippen LogP contribution in [0.2, 0.25) is 0 Å². The van der Waals surface area contributed by atoms with E-state index < -0.39 is 14.9 Å². The molecule has 32 heavy (non-hydrogen) atoms. The molecule has 0 aromatic heterocycles. The highest BCUT2D eigenvalue weighted by molar-refractivity contribution is 7.89. The largest absolute Gasteiger partial charge is 0.378 e. The first-order valence-corrected chi connectivity index (χ1v) is 12.5. The fourth-order valence-electron chi connectivity index (χ4n) is 4.25. The zero-order valence-corrected chi connectivity index (χ0v) is 20.4. The molecule has 0 unspecified atom stereocenters. The zero-order valence-electron chi connectivity index (χ0n) is 19.6. The average molecular weight is 470 g/mol. The predicted octanol–water partition coefficient (Wildman–Crippen LogP) is 1.83. The van der Waals surface area contributed by atoms with Gasteiger partial charge in [-0.15, -0.1) is 0 Å². The molecule has 2 fully saturated rings. The van der Waals surface area contributed by atoms with Crippen LogP contribution in [0.4, 0.5) is 11.4 Å². The molecule has 0 radical (unpaired) electrons. The minimum Gasteiger partial charge on any atom is -0.378 e. The van der Waals surface area contributed by atoms with Crippen molar-refractivity contribution in [3.8, 4) is 0 Å². The number of rotatable bonds is 7. The van der Waals surface area contributed by atoms with Crippen molar-refractivity contribution >= 4 is 21.4 Å². The zero-order chi connectivity index (χ0) is 23.7. The molecule has 2 saturated heterocycles. The Hall–Kier alpha value is -1.79. The molecule has 1 aromatic carbocycles. The van der Waals surface area contributed by atoms with E-state index in [1.165, 1.54) is 22.5 Å². The number of morpholine rings is 1. The molecule has 11 heteroatoms. The molecule has 10 nitrogen and oxygen atoms in total. The van der Waals surface area contributed by atoms with Gasteiger partial charge in [-0.05, 0) is 46.9 Å². The molecule has 1 aromatic rings. The average Bonchev–Trinajstić information content (AvgIpc) is 2.71. The summed E-state index contributed by atoms with van der Waals surface area (Å²) in [6.45, 7) is 12.3. The first-order valence-electron chi connectivity index (χ1n) is 11.0. The van der Waals surface area contributed by atoms with Crippen molar-refractivity contribution in [3.05, 3.63) is 28.3 Å². The molecule has 0 aliphatic carbocycles. The fraction of sp³-hybridized carbons (Fsp3) is 0.714. The van der Waals surface area contributed by atoms with E-state index in [0.717, 1.165) is 13.1 Å². The van der Waals surface area contributed by atoms with Crippen LogP contribution < -0.4 is 5.32 Å². The molecular weight excluding hydrogens is 434 g/mol. The summed E-state index contributed by atoms with van der Waals surface area (Å²) in [5, 5.41) is 14.9. The summed E-state index contributed by atoms with van der Waals surface area (Å²) in [5.41, 5.74) is -0.195. The highest BCUT2D eigenvalue weighted by Gasteiger charge is 2.34. The number of piperazine rings is 1. The van der Waals surface area contributed by atoms with Gasteiger partial charge in [0.05, 0.1) is 22.0 Å². The SMILES string of the molecule is C[C@H]1CN(C(C)(C)CNc2ccc(S(=O)(=O)N3CCN(C)CC3)cc2[N+](=O)[O-])C[C@H](C)O1. The van der Waals surface area contributed by atoms with Gasteiger partial charge in [-0.3, -0.25) is 15.0 Å². The van der Waals surface area contributed by atoms with Gasteiger partial charge in [0, 0.05) is 57.4 Å². The first kappa shape index (κ1) is 24.8. The van der Waals surface area contributed by atoms with Crippen LogP contribution in [-0.4, -0.2) is 98.1 Å². The van der Waals surface area contributed by atoms with E-state index in [-0.39, 0.29) is 28.3 Å². The number of hydrogen-bond donors (Lipinski definition) is 1. The summed E-state index contributed by atoms with van der Waals surface area (Å²) in [6, 6.07) is 4.12. The molecule has 2 atom stereocenters. The van der Waals surface area contributed by atoms with E-state index >= 15 is 0 Å². The van der Waals surface area contributed by atoms with Crippen molar-refractivity contribution in [1.29, 1.82) is 0 Å². The summed E-state index contributed by atoms with van der Waals surface area (Å²) in [6.07, 6.45) is 0.234. The minimum absolute atomic E-state index is 0.0469. The van der Waals surface area contributed by atoms with Crippen LogP contribution in [-0.2, 0) is 14.8 Å². The fourth-order valence-corrected chi connectivity index (χ4v) is 5.69. The lowest BCUT2D eigenvalue weighted by molar-refractivity contribution is -0.384. The number of nitro benzene ring substituents is 1. The number of hydrogen-bond acceptors (Lipinski definition) is 8. The molecule has 180 valence electrons. The number of nitrogens with zero attached hydrogens (tertiary/aromatic N) is 4. The molecule has 1 N–H and O–H groups in total. The van der Waals surface area contributed by atoms with Crippen LogP contribution in [0.25, 0.3) is 0 Å². The lowest BCUT2D eigenvalue weighted by Gasteiger charge is -2.45. The van der Waals surface area contributed by atoms with Gasteiger partial charge in [-0.1, -0.05) is 0 Å². The molecule has 0 spiro atoms. The van der Waals surface area contributed by atoms with E-state index in [9.17, 15) is 18.5 Å². The van der Waals surface area contributed by atoms with Crippen molar-refractivity contribution in [2.24, 2.45) is 0 Å². The third-order valence-corrected chi connectivity index (χ3v) is 8.15. The van der Waals surface area contributed by atoms with E-state index in [1.54, 1.807) is 0 Å². The maximum absolute atomic E-state index is 13.0. The van der Waals surface area contributed by atoms with E-state index in [2.05, 4.69) is 29.0 Å². The normalized spacial score (nSPS) is 24.4. The van der Waals surface area contributed by atoms with E-state index in [4.69, 9.17) is 4.74 Å². The summed E-state index contributed by atoms with van der Waals surface area (Å²) < 4.78 is 33.2. The Morgan fingerprint density at radius 2 is 1.75 bits per heavy atom. The van der Waals surface area contributed by atoms with Crippen molar-refractivity contribution in [3.63, 3.8) is 0 Å². The van der Waals surface area contributed by atoms with Gasteiger partial charge >= 0.3 is 0 Å². The third kappa shape index (κ3) is 5.57. The van der Waals surface area contributed by atoms with Crippen molar-refractivity contribution in [2.75, 3.05) is 58.2 Å². The molecule has 0 bridgehead atoms. The number of benzene rings is 1. The molecule has 2 heterocycles. The van der Waals surface area contributed by atoms with Crippen LogP contribution in [0.3, 0.4) is 0 Å². The second-order valence-electron chi connectivity index (χ2n) is 9.47. The number of sulfonamides is 1. The number of likely N-dealkylation sites (N-methyl/N-ethyl adjacent to an activating group) is 1. The Balaban J connectivity index is 1.77. The predicted molar refractivity (Wildman–Crippen MR) is 124 cm³/mol. The van der Waals surface area contributed by atoms with Crippen molar-refractivity contribution in [2.45, 2.75) is 50.3 Å². The number of anilines is 1. The highest BCUT2D eigenvalue weighted by Crippen LogP contribution is 2.30. The molecule has 3 rings (SSSR count). The quantitative estimate of drug-likeness (QED) is 0.476. The number of nitro groups is 1. The topological polar surface area (TPSA) is 108 Å². The monoisotopic (exact) mass is 469 g/mol. The summed E-state index contributed by atoms with van der Waals surface area (Å²) in [4.78, 5) is 15.5. The summed E-state index contributed by atoms with van der Waals surface area (Å²) >= 11 is 0.